The lowest BCUT2D eigenvalue weighted by Crippen LogP contribution is -2.43. The molecule has 0 radical (unpaired) electrons. The van der Waals surface area contributed by atoms with Gasteiger partial charge >= 0.3 is 0 Å². The van der Waals surface area contributed by atoms with E-state index in [0.717, 1.165) is 25.3 Å². The van der Waals surface area contributed by atoms with Crippen LogP contribution in [0.25, 0.3) is 0 Å². The van der Waals surface area contributed by atoms with E-state index in [2.05, 4.69) is 27.2 Å². The number of aromatic nitrogens is 2. The Morgan fingerprint density at radius 2 is 2.29 bits per heavy atom. The zero-order valence-corrected chi connectivity index (χ0v) is 10.5. The molecular formula is C12H20N4O. The zero-order valence-electron chi connectivity index (χ0n) is 10.5. The van der Waals surface area contributed by atoms with Crippen molar-refractivity contribution in [3.63, 3.8) is 0 Å². The molecule has 94 valence electrons. The highest BCUT2D eigenvalue weighted by Gasteiger charge is 2.19. The Hall–Kier alpha value is -1.20. The van der Waals surface area contributed by atoms with Gasteiger partial charge in [-0.15, -0.1) is 0 Å². The van der Waals surface area contributed by atoms with Crippen LogP contribution in [0.15, 0.2) is 12.4 Å². The Kier molecular flexibility index (Phi) is 4.28. The van der Waals surface area contributed by atoms with Gasteiger partial charge < -0.3 is 10.1 Å². The average Bonchev–Trinajstić information content (AvgIpc) is 2.40. The van der Waals surface area contributed by atoms with Gasteiger partial charge in [-0.05, 0) is 26.4 Å². The van der Waals surface area contributed by atoms with Crippen molar-refractivity contribution < 1.29 is 4.74 Å². The van der Waals surface area contributed by atoms with E-state index in [1.54, 1.807) is 19.5 Å². The maximum absolute atomic E-state index is 5.22. The van der Waals surface area contributed by atoms with Crippen molar-refractivity contribution >= 4 is 0 Å². The fraction of sp³-hybridized carbons (Fsp3) is 0.667. The van der Waals surface area contributed by atoms with E-state index in [4.69, 9.17) is 4.74 Å². The van der Waals surface area contributed by atoms with Gasteiger partial charge in [0.1, 0.15) is 5.69 Å². The largest absolute Gasteiger partial charge is 0.480 e. The van der Waals surface area contributed by atoms with Crippen molar-refractivity contribution in [3.8, 4) is 5.88 Å². The third-order valence-corrected chi connectivity index (χ3v) is 3.22. The number of nitrogens with zero attached hydrogens (tertiary/aromatic N) is 3. The molecule has 0 spiro atoms. The highest BCUT2D eigenvalue weighted by Crippen LogP contribution is 2.16. The quantitative estimate of drug-likeness (QED) is 0.832. The van der Waals surface area contributed by atoms with Crippen molar-refractivity contribution in [3.05, 3.63) is 18.1 Å². The number of likely N-dealkylation sites (N-methyl/N-ethyl adjacent to an activating group) is 1. The normalized spacial score (nSPS) is 20.5. The van der Waals surface area contributed by atoms with Gasteiger partial charge in [0.15, 0.2) is 0 Å². The number of nitrogens with one attached hydrogen (secondary N) is 1. The number of ether oxygens (including phenoxy) is 1. The van der Waals surface area contributed by atoms with Crippen LogP contribution >= 0.6 is 0 Å². The van der Waals surface area contributed by atoms with Gasteiger partial charge in [-0.25, -0.2) is 4.98 Å². The number of piperidine rings is 1. The molecule has 2 rings (SSSR count). The number of hydrogen-bond acceptors (Lipinski definition) is 5. The molecule has 0 bridgehead atoms. The Bertz CT molecular complexity index is 352. The highest BCUT2D eigenvalue weighted by atomic mass is 16.5. The van der Waals surface area contributed by atoms with E-state index < -0.39 is 0 Å². The molecule has 0 saturated carbocycles. The highest BCUT2D eigenvalue weighted by molar-refractivity contribution is 5.16. The standard InChI is InChI=1S/C12H20N4O/c1-16(10-4-3-5-13-8-10)9-11-12(17-2)15-7-6-14-11/h6-7,10,13H,3-5,8-9H2,1-2H3/t10-/m1/s1. The number of rotatable bonds is 4. The van der Waals surface area contributed by atoms with Gasteiger partial charge in [0.2, 0.25) is 5.88 Å². The van der Waals surface area contributed by atoms with E-state index in [-0.39, 0.29) is 0 Å². The summed E-state index contributed by atoms with van der Waals surface area (Å²) in [5.41, 5.74) is 0.906. The zero-order chi connectivity index (χ0) is 12.1. The molecule has 0 aromatic carbocycles. The summed E-state index contributed by atoms with van der Waals surface area (Å²) in [5, 5.41) is 3.42. The summed E-state index contributed by atoms with van der Waals surface area (Å²) >= 11 is 0. The van der Waals surface area contributed by atoms with Crippen molar-refractivity contribution in [1.82, 2.24) is 20.2 Å². The molecule has 5 heteroatoms. The summed E-state index contributed by atoms with van der Waals surface area (Å²) in [7, 11) is 3.77. The molecule has 17 heavy (non-hydrogen) atoms. The first-order valence-electron chi connectivity index (χ1n) is 6.06. The van der Waals surface area contributed by atoms with Crippen LogP contribution in [0.4, 0.5) is 0 Å². The molecule has 1 saturated heterocycles. The Morgan fingerprint density at radius 1 is 1.47 bits per heavy atom. The van der Waals surface area contributed by atoms with Crippen LogP contribution in [0.5, 0.6) is 5.88 Å². The number of hydrogen-bond donors (Lipinski definition) is 1. The van der Waals surface area contributed by atoms with Crippen LogP contribution in [-0.2, 0) is 6.54 Å². The molecule has 1 aliphatic rings. The maximum Gasteiger partial charge on any atom is 0.236 e. The van der Waals surface area contributed by atoms with Crippen molar-refractivity contribution in [1.29, 1.82) is 0 Å². The smallest absolute Gasteiger partial charge is 0.236 e. The van der Waals surface area contributed by atoms with Gasteiger partial charge in [-0.3, -0.25) is 9.88 Å². The molecule has 1 aromatic heterocycles. The van der Waals surface area contributed by atoms with Crippen LogP contribution in [-0.4, -0.2) is 48.2 Å². The monoisotopic (exact) mass is 236 g/mol. The minimum atomic E-state index is 0.579. The van der Waals surface area contributed by atoms with E-state index in [1.165, 1.54) is 12.8 Å². The third-order valence-electron chi connectivity index (χ3n) is 3.22. The molecular weight excluding hydrogens is 216 g/mol. The summed E-state index contributed by atoms with van der Waals surface area (Å²) in [6.45, 7) is 2.97. The van der Waals surface area contributed by atoms with E-state index in [0.29, 0.717) is 11.9 Å². The van der Waals surface area contributed by atoms with Gasteiger partial charge in [0.05, 0.1) is 7.11 Å². The van der Waals surface area contributed by atoms with E-state index >= 15 is 0 Å². The summed E-state index contributed by atoms with van der Waals surface area (Å²) in [5.74, 6) is 0.628. The molecule has 1 atom stereocenters. The summed E-state index contributed by atoms with van der Waals surface area (Å²) in [6.07, 6.45) is 5.86. The third kappa shape index (κ3) is 3.14. The van der Waals surface area contributed by atoms with Gasteiger partial charge in [0.25, 0.3) is 0 Å². The second-order valence-electron chi connectivity index (χ2n) is 4.43. The van der Waals surface area contributed by atoms with Gasteiger partial charge in [-0.1, -0.05) is 0 Å². The first-order valence-corrected chi connectivity index (χ1v) is 6.06. The average molecular weight is 236 g/mol. The molecule has 0 aliphatic carbocycles. The van der Waals surface area contributed by atoms with Crippen LogP contribution in [0, 0.1) is 0 Å². The van der Waals surface area contributed by atoms with E-state index in [1.807, 2.05) is 0 Å². The van der Waals surface area contributed by atoms with Gasteiger partial charge in [-0.2, -0.15) is 0 Å². The fourth-order valence-electron chi connectivity index (χ4n) is 2.21. The summed E-state index contributed by atoms with van der Waals surface area (Å²) in [6, 6.07) is 0.579. The van der Waals surface area contributed by atoms with Crippen LogP contribution in [0.1, 0.15) is 18.5 Å². The Labute approximate surface area is 102 Å². The molecule has 0 amide bonds. The topological polar surface area (TPSA) is 50.3 Å². The van der Waals surface area contributed by atoms with Crippen LogP contribution in [0.3, 0.4) is 0 Å². The minimum absolute atomic E-state index is 0.579. The second-order valence-corrected chi connectivity index (χ2v) is 4.43. The predicted molar refractivity (Wildman–Crippen MR) is 65.9 cm³/mol. The molecule has 1 N–H and O–H groups in total. The summed E-state index contributed by atoms with van der Waals surface area (Å²) in [4.78, 5) is 10.8. The number of methoxy groups -OCH3 is 1. The second kappa shape index (κ2) is 5.93. The SMILES string of the molecule is COc1nccnc1CN(C)[C@@H]1CCCNC1. The molecule has 5 nitrogen and oxygen atoms in total. The van der Waals surface area contributed by atoms with Crippen molar-refractivity contribution in [2.24, 2.45) is 0 Å². The molecule has 1 fully saturated rings. The fourth-order valence-corrected chi connectivity index (χ4v) is 2.21. The molecule has 1 aromatic rings. The molecule has 1 aliphatic heterocycles. The van der Waals surface area contributed by atoms with Crippen molar-refractivity contribution in [2.45, 2.75) is 25.4 Å². The lowest BCUT2D eigenvalue weighted by molar-refractivity contribution is 0.191. The van der Waals surface area contributed by atoms with Crippen LogP contribution < -0.4 is 10.1 Å². The summed E-state index contributed by atoms with van der Waals surface area (Å²) < 4.78 is 5.22. The first kappa shape index (κ1) is 12.3. The lowest BCUT2D eigenvalue weighted by atomic mass is 10.1. The molecule has 2 heterocycles. The minimum Gasteiger partial charge on any atom is -0.480 e. The first-order chi connectivity index (χ1) is 8.31. The van der Waals surface area contributed by atoms with Gasteiger partial charge in [0, 0.05) is 31.5 Å². The van der Waals surface area contributed by atoms with Crippen LogP contribution in [0.2, 0.25) is 0 Å². The van der Waals surface area contributed by atoms with Crippen molar-refractivity contribution in [2.75, 3.05) is 27.2 Å². The molecule has 0 unspecified atom stereocenters. The lowest BCUT2D eigenvalue weighted by Gasteiger charge is -2.31. The van der Waals surface area contributed by atoms with E-state index in [9.17, 15) is 0 Å². The predicted octanol–water partition coefficient (Wildman–Crippen LogP) is 0.669. The Morgan fingerprint density at radius 3 is 3.00 bits per heavy atom. The Balaban J connectivity index is 1.99. The maximum atomic E-state index is 5.22.